The average Bonchev–Trinajstić information content (AvgIpc) is 3.69. The Labute approximate surface area is 361 Å². The van der Waals surface area contributed by atoms with Crippen LogP contribution in [0, 0.1) is 11.3 Å². The molecule has 0 aromatic heterocycles. The minimum Gasteiger partial charge on any atom is -1.00 e. The summed E-state index contributed by atoms with van der Waals surface area (Å²) in [4.78, 5) is 0. The zero-order chi connectivity index (χ0) is 41.2. The van der Waals surface area contributed by atoms with Gasteiger partial charge in [-0.25, -0.2) is 0 Å². The fourth-order valence-corrected chi connectivity index (χ4v) is 16.6. The summed E-state index contributed by atoms with van der Waals surface area (Å²) in [7, 11) is 0. The number of hydrogen-bond acceptors (Lipinski definition) is 0. The van der Waals surface area contributed by atoms with Crippen LogP contribution in [0.3, 0.4) is 0 Å². The minimum atomic E-state index is -4.63. The molecule has 6 rings (SSSR count). The Morgan fingerprint density at radius 3 is 1.64 bits per heavy atom. The molecule has 310 valence electrons. The molecule has 1 atom stereocenters. The number of halogens is 8. The molecule has 4 aromatic rings. The second-order valence-corrected chi connectivity index (χ2v) is 24.5. The quantitative estimate of drug-likeness (QED) is 0.145. The molecule has 0 heterocycles. The Balaban J connectivity index is 0.00000372. The van der Waals surface area contributed by atoms with Crippen LogP contribution in [0.1, 0.15) is 133 Å². The number of hydrogen-bond donors (Lipinski definition) is 0. The predicted molar refractivity (Wildman–Crippen MR) is 216 cm³/mol. The van der Waals surface area contributed by atoms with Crippen LogP contribution in [0.2, 0.25) is 0 Å². The van der Waals surface area contributed by atoms with Crippen molar-refractivity contribution in [1.29, 1.82) is 0 Å². The van der Waals surface area contributed by atoms with Gasteiger partial charge in [0.15, 0.2) is 0 Å². The summed E-state index contributed by atoms with van der Waals surface area (Å²) in [5.74, 6) is 0.0235. The van der Waals surface area contributed by atoms with Gasteiger partial charge in [0, 0.05) is 0 Å². The van der Waals surface area contributed by atoms with E-state index in [1.54, 1.807) is 12.1 Å². The summed E-state index contributed by atoms with van der Waals surface area (Å²) in [5, 5.41) is 0. The van der Waals surface area contributed by atoms with Gasteiger partial charge in [-0.3, -0.25) is 0 Å². The van der Waals surface area contributed by atoms with E-state index in [4.69, 9.17) is 0 Å². The maximum atomic E-state index is 14.5. The SMILES string of the molecule is CCCCC1C=C(C(C)(C)C)C=[C]1[Zr+2](=[C](c1cccc(C(F)(F)F)c1)c1cccc(C(F)(F)F)c1)[c]1cc(C(C)(C)C)cc2c1Cc1ccc(C(C)(C)C)cc1-2.[Cl-].[Cl-]. The smallest absolute Gasteiger partial charge is 1.00 e. The fourth-order valence-electron chi connectivity index (χ4n) is 8.01. The molecule has 0 radical (unpaired) electrons. The first-order valence-electron chi connectivity index (χ1n) is 19.7. The van der Waals surface area contributed by atoms with E-state index < -0.39 is 44.7 Å². The van der Waals surface area contributed by atoms with E-state index in [-0.39, 0.29) is 47.0 Å². The van der Waals surface area contributed by atoms with Gasteiger partial charge in [0.2, 0.25) is 0 Å². The van der Waals surface area contributed by atoms with Crippen molar-refractivity contribution in [2.24, 2.45) is 11.3 Å². The van der Waals surface area contributed by atoms with Crippen LogP contribution in [-0.2, 0) is 50.9 Å². The summed E-state index contributed by atoms with van der Waals surface area (Å²) in [5.41, 5.74) is 6.62. The Bertz CT molecular complexity index is 2190. The van der Waals surface area contributed by atoms with Gasteiger partial charge >= 0.3 is 339 Å². The summed E-state index contributed by atoms with van der Waals surface area (Å²) in [6.45, 7) is 21.8. The Morgan fingerprint density at radius 1 is 0.621 bits per heavy atom. The van der Waals surface area contributed by atoms with E-state index in [1.165, 1.54) is 49.8 Å². The molecule has 4 aromatic carbocycles. The van der Waals surface area contributed by atoms with Gasteiger partial charge in [0.05, 0.1) is 0 Å². The molecule has 2 aliphatic carbocycles. The standard InChI is InChI=1S/C21H25.C15H8F6.C13H21.2ClH.Zr/c1-20(2,3)16-9-7-14-11-15-8-10-17(21(4,5)6)13-19(15)18(14)12-16;16-14(17,18)12-5-1-3-10(8-12)7-11-4-2-6-13(9-11)15(19,20)21;1-5-6-7-11-8-9-12(10-11)13(2,3)4;;;/h7,9-10,12-13H,11H2,1-6H3;1-6,8-9H;9-11H,5-7H2,1-4H3;2*1H;/q;;;;;+2/p-2. The number of unbranched alkanes of at least 4 members (excludes halogenated alkanes) is 1. The van der Waals surface area contributed by atoms with E-state index in [0.29, 0.717) is 20.8 Å². The van der Waals surface area contributed by atoms with Crippen LogP contribution in [-0.4, -0.2) is 3.21 Å². The first kappa shape index (κ1) is 47.9. The maximum absolute atomic E-state index is 14.5. The molecule has 1 unspecified atom stereocenters. The number of benzene rings is 4. The van der Waals surface area contributed by atoms with Gasteiger partial charge in [-0.1, -0.05) is 0 Å². The zero-order valence-electron chi connectivity index (χ0n) is 35.1. The van der Waals surface area contributed by atoms with Crippen LogP contribution in [0.4, 0.5) is 26.3 Å². The van der Waals surface area contributed by atoms with Crippen LogP contribution >= 0.6 is 0 Å². The molecular formula is C49H54Cl2F6Zr. The molecule has 0 saturated carbocycles. The third-order valence-corrected chi connectivity index (χ3v) is 19.1. The molecule has 0 fully saturated rings. The van der Waals surface area contributed by atoms with E-state index in [0.717, 1.165) is 51.4 Å². The summed E-state index contributed by atoms with van der Waals surface area (Å²) in [6, 6.07) is 21.9. The van der Waals surface area contributed by atoms with Gasteiger partial charge in [0.25, 0.3) is 0 Å². The average molecular weight is 919 g/mol. The van der Waals surface area contributed by atoms with Gasteiger partial charge in [-0.2, -0.15) is 0 Å². The number of fused-ring (bicyclic) bond motifs is 3. The van der Waals surface area contributed by atoms with Crippen molar-refractivity contribution in [3.05, 3.63) is 144 Å². The second kappa shape index (κ2) is 17.3. The van der Waals surface area contributed by atoms with Gasteiger partial charge < -0.3 is 24.8 Å². The molecule has 0 N–H and O–H groups in total. The van der Waals surface area contributed by atoms with Crippen molar-refractivity contribution in [2.45, 2.75) is 118 Å². The Hall–Kier alpha value is -2.73. The largest absolute Gasteiger partial charge is 1.00 e. The molecule has 0 aliphatic heterocycles. The van der Waals surface area contributed by atoms with Crippen molar-refractivity contribution in [1.82, 2.24) is 0 Å². The summed E-state index contributed by atoms with van der Waals surface area (Å²) < 4.78 is 90.2. The van der Waals surface area contributed by atoms with Crippen molar-refractivity contribution in [3.63, 3.8) is 0 Å². The monoisotopic (exact) mass is 916 g/mol. The molecular weight excluding hydrogens is 865 g/mol. The van der Waals surface area contributed by atoms with Crippen molar-refractivity contribution >= 4 is 6.48 Å². The maximum Gasteiger partial charge on any atom is -1.00 e. The fraction of sp³-hybridized carbons (Fsp3) is 0.408. The molecule has 9 heteroatoms. The van der Waals surface area contributed by atoms with Crippen LogP contribution in [0.15, 0.2) is 99.9 Å². The summed E-state index contributed by atoms with van der Waals surface area (Å²) >= 11 is -3.84. The molecule has 0 bridgehead atoms. The molecule has 2 aliphatic rings. The van der Waals surface area contributed by atoms with Crippen LogP contribution < -0.4 is 28.1 Å². The van der Waals surface area contributed by atoms with Crippen LogP contribution in [0.25, 0.3) is 11.1 Å². The van der Waals surface area contributed by atoms with E-state index in [2.05, 4.69) is 112 Å². The van der Waals surface area contributed by atoms with E-state index in [9.17, 15) is 26.3 Å². The molecule has 0 spiro atoms. The predicted octanol–water partition coefficient (Wildman–Crippen LogP) is 8.09. The number of rotatable bonds is 7. The molecule has 0 nitrogen and oxygen atoms in total. The Kier molecular flexibility index (Phi) is 14.3. The first-order valence-corrected chi connectivity index (χ1v) is 23.4. The van der Waals surface area contributed by atoms with Gasteiger partial charge in [0.1, 0.15) is 0 Å². The van der Waals surface area contributed by atoms with Gasteiger partial charge in [-0.05, 0) is 0 Å². The van der Waals surface area contributed by atoms with Gasteiger partial charge in [-0.15, -0.1) is 0 Å². The van der Waals surface area contributed by atoms with E-state index >= 15 is 0 Å². The van der Waals surface area contributed by atoms with E-state index in [1.807, 2.05) is 0 Å². The van der Waals surface area contributed by atoms with Crippen molar-refractivity contribution in [2.75, 3.05) is 0 Å². The first-order chi connectivity index (χ1) is 25.9. The number of alkyl halides is 6. The normalized spacial score (nSPS) is 15.3. The third kappa shape index (κ3) is 10.1. The topological polar surface area (TPSA) is 0 Å². The number of allylic oxidation sites excluding steroid dienone is 4. The zero-order valence-corrected chi connectivity index (χ0v) is 39.1. The van der Waals surface area contributed by atoms with Crippen molar-refractivity contribution in [3.8, 4) is 11.1 Å². The molecule has 58 heavy (non-hydrogen) atoms. The van der Waals surface area contributed by atoms with Crippen LogP contribution in [0.5, 0.6) is 0 Å². The van der Waals surface area contributed by atoms with Crippen molar-refractivity contribution < 1.29 is 72.4 Å². The molecule has 0 amide bonds. The Morgan fingerprint density at radius 2 is 1.16 bits per heavy atom. The second-order valence-electron chi connectivity index (χ2n) is 18.7. The molecule has 0 saturated heterocycles. The summed E-state index contributed by atoms with van der Waals surface area (Å²) in [6.07, 6.45) is -1.17. The minimum absolute atomic E-state index is 0. The third-order valence-electron chi connectivity index (χ3n) is 11.3.